The van der Waals surface area contributed by atoms with Crippen LogP contribution in [0, 0.1) is 4.64 Å². The number of nitrogens with one attached hydrogen (secondary N) is 2. The number of rotatable bonds is 1. The average Bonchev–Trinajstić information content (AvgIpc) is 2.31. The minimum absolute atomic E-state index is 0. The fraction of sp³-hybridized carbons (Fsp3) is 0.200. The van der Waals surface area contributed by atoms with Crippen molar-refractivity contribution >= 4 is 35.9 Å². The molecule has 0 bridgehead atoms. The number of fused-ring (bicyclic) bond motifs is 1. The molecule has 4 N–H and O–H groups in total. The van der Waals surface area contributed by atoms with Gasteiger partial charge in [-0.2, -0.15) is 0 Å². The molecule has 0 fully saturated rings. The zero-order valence-electron chi connectivity index (χ0n) is 8.92. The SMILES string of the molecule is S=c1[nH]c2ccccc2nc1[S-].[Fe+2].[NH-]CCN. The fourth-order valence-electron chi connectivity index (χ4n) is 1.01. The molecule has 0 atom stereocenters. The van der Waals surface area contributed by atoms with E-state index in [-0.39, 0.29) is 17.1 Å². The van der Waals surface area contributed by atoms with Gasteiger partial charge in [0.05, 0.1) is 11.0 Å². The molecule has 92 valence electrons. The topological polar surface area (TPSA) is 78.5 Å². The Morgan fingerprint density at radius 3 is 2.59 bits per heavy atom. The molecule has 2 aromatic rings. The molecule has 0 aliphatic carbocycles. The van der Waals surface area contributed by atoms with Gasteiger partial charge in [-0.3, -0.25) is 4.98 Å². The molecule has 0 amide bonds. The van der Waals surface area contributed by atoms with E-state index in [2.05, 4.69) is 9.97 Å². The summed E-state index contributed by atoms with van der Waals surface area (Å²) in [5.74, 6) is 0. The third-order valence-electron chi connectivity index (χ3n) is 1.71. The second-order valence-corrected chi connectivity index (χ2v) is 3.72. The van der Waals surface area contributed by atoms with Crippen molar-refractivity contribution in [3.8, 4) is 0 Å². The smallest absolute Gasteiger partial charge is 0.757 e. The number of aromatic nitrogens is 2. The molecule has 0 spiro atoms. The first-order valence-corrected chi connectivity index (χ1v) is 5.51. The predicted octanol–water partition coefficient (Wildman–Crippen LogP) is 2.19. The zero-order chi connectivity index (χ0) is 12.0. The number of aromatic amines is 1. The maximum Gasteiger partial charge on any atom is 2.00 e. The number of hydrogen-bond acceptors (Lipinski definition) is 4. The third kappa shape index (κ3) is 5.08. The van der Waals surface area contributed by atoms with Crippen molar-refractivity contribution in [1.29, 1.82) is 0 Å². The number of para-hydroxylation sites is 2. The molecular weight excluding hydrogens is 296 g/mol. The number of benzene rings is 1. The van der Waals surface area contributed by atoms with Crippen molar-refractivity contribution < 1.29 is 17.1 Å². The van der Waals surface area contributed by atoms with Crippen molar-refractivity contribution in [1.82, 2.24) is 9.97 Å². The van der Waals surface area contributed by atoms with Crippen molar-refractivity contribution in [2.24, 2.45) is 5.73 Å². The van der Waals surface area contributed by atoms with E-state index in [1.807, 2.05) is 24.3 Å². The number of H-pyrrole nitrogens is 1. The molecular formula is C10H12FeN4S2. The van der Waals surface area contributed by atoms with Crippen molar-refractivity contribution in [2.75, 3.05) is 13.1 Å². The van der Waals surface area contributed by atoms with Gasteiger partial charge < -0.3 is 29.1 Å². The van der Waals surface area contributed by atoms with Gasteiger partial charge in [0.1, 0.15) is 4.64 Å². The summed E-state index contributed by atoms with van der Waals surface area (Å²) in [5.41, 5.74) is 13.0. The molecule has 0 unspecified atom stereocenters. The first-order valence-electron chi connectivity index (χ1n) is 4.69. The summed E-state index contributed by atoms with van der Waals surface area (Å²) in [7, 11) is 0. The largest absolute Gasteiger partial charge is 2.00 e. The van der Waals surface area contributed by atoms with Gasteiger partial charge in [-0.05, 0) is 23.7 Å². The molecule has 1 aromatic carbocycles. The molecule has 1 aromatic heterocycles. The molecule has 17 heavy (non-hydrogen) atoms. The van der Waals surface area contributed by atoms with E-state index in [9.17, 15) is 0 Å². The summed E-state index contributed by atoms with van der Waals surface area (Å²) in [5, 5.41) is 0.462. The minimum atomic E-state index is 0. The van der Waals surface area contributed by atoms with Gasteiger partial charge in [0, 0.05) is 0 Å². The Bertz CT molecular complexity index is 513. The van der Waals surface area contributed by atoms with E-state index in [1.165, 1.54) is 0 Å². The summed E-state index contributed by atoms with van der Waals surface area (Å²) in [6.07, 6.45) is 0. The second-order valence-electron chi connectivity index (χ2n) is 2.93. The van der Waals surface area contributed by atoms with E-state index < -0.39 is 0 Å². The van der Waals surface area contributed by atoms with E-state index in [1.54, 1.807) is 0 Å². The Hall–Kier alpha value is -0.561. The van der Waals surface area contributed by atoms with Crippen LogP contribution in [0.15, 0.2) is 29.3 Å². The van der Waals surface area contributed by atoms with Crippen LogP contribution in [0.2, 0.25) is 0 Å². The monoisotopic (exact) mass is 308 g/mol. The molecule has 0 aliphatic heterocycles. The molecule has 4 nitrogen and oxygen atoms in total. The van der Waals surface area contributed by atoms with Crippen LogP contribution in [0.4, 0.5) is 0 Å². The number of hydrogen-bond donors (Lipinski definition) is 2. The van der Waals surface area contributed by atoms with Gasteiger partial charge >= 0.3 is 17.1 Å². The Labute approximate surface area is 121 Å². The van der Waals surface area contributed by atoms with E-state index >= 15 is 0 Å². The van der Waals surface area contributed by atoms with Crippen LogP contribution >= 0.6 is 12.2 Å². The number of nitrogens with zero attached hydrogens (tertiary/aromatic N) is 1. The van der Waals surface area contributed by atoms with Crippen molar-refractivity contribution in [2.45, 2.75) is 5.03 Å². The third-order valence-corrected chi connectivity index (χ3v) is 2.43. The molecule has 0 aliphatic rings. The van der Waals surface area contributed by atoms with Gasteiger partial charge in [-0.15, -0.1) is 6.54 Å². The predicted molar refractivity (Wildman–Crippen MR) is 70.8 cm³/mol. The summed E-state index contributed by atoms with van der Waals surface area (Å²) >= 11 is 9.89. The van der Waals surface area contributed by atoms with Crippen LogP contribution in [0.1, 0.15) is 0 Å². The summed E-state index contributed by atoms with van der Waals surface area (Å²) < 4.78 is 0.531. The van der Waals surface area contributed by atoms with Gasteiger partial charge in [0.2, 0.25) is 0 Å². The average molecular weight is 308 g/mol. The Kier molecular flexibility index (Phi) is 8.24. The van der Waals surface area contributed by atoms with E-state index in [0.717, 1.165) is 11.0 Å². The van der Waals surface area contributed by atoms with Crippen LogP contribution < -0.4 is 5.73 Å². The maximum absolute atomic E-state index is 6.33. The molecule has 0 saturated heterocycles. The first kappa shape index (κ1) is 16.4. The zero-order valence-corrected chi connectivity index (χ0v) is 11.7. The van der Waals surface area contributed by atoms with Gasteiger partial charge in [0.15, 0.2) is 0 Å². The van der Waals surface area contributed by atoms with Crippen LogP contribution in [0.5, 0.6) is 0 Å². The second kappa shape index (κ2) is 8.52. The molecule has 7 heteroatoms. The minimum Gasteiger partial charge on any atom is -0.757 e. The number of nitrogens with two attached hydrogens (primary N) is 1. The van der Waals surface area contributed by atoms with Crippen LogP contribution in [-0.2, 0) is 29.7 Å². The molecule has 0 saturated carbocycles. The van der Waals surface area contributed by atoms with E-state index in [4.69, 9.17) is 36.3 Å². The maximum atomic E-state index is 6.33. The van der Waals surface area contributed by atoms with Crippen LogP contribution in [0.3, 0.4) is 0 Å². The fourth-order valence-corrected chi connectivity index (χ4v) is 1.32. The Morgan fingerprint density at radius 2 is 2.00 bits per heavy atom. The van der Waals surface area contributed by atoms with Crippen molar-refractivity contribution in [3.63, 3.8) is 0 Å². The van der Waals surface area contributed by atoms with Gasteiger partial charge in [-0.25, -0.2) is 0 Å². The summed E-state index contributed by atoms with van der Waals surface area (Å²) in [4.78, 5) is 7.16. The van der Waals surface area contributed by atoms with Crippen molar-refractivity contribution in [3.05, 3.63) is 34.6 Å². The molecule has 1 heterocycles. The molecule has 2 rings (SSSR count). The molecule has 0 radical (unpaired) electrons. The Balaban J connectivity index is 0.000000453. The Morgan fingerprint density at radius 1 is 1.41 bits per heavy atom. The van der Waals surface area contributed by atoms with Gasteiger partial charge in [0.25, 0.3) is 0 Å². The van der Waals surface area contributed by atoms with Crippen LogP contribution in [-0.4, -0.2) is 23.1 Å². The first-order chi connectivity index (χ1) is 7.69. The standard InChI is InChI=1S/C8H6N2S2.C2H7N2.Fe/c11-7-8(12)10-6-4-2-1-3-5(6)9-7;3-1-2-4;/h1-4H,(H,9,11)(H,10,12);3H,1-2,4H2;/q;-1;+2/p-1. The normalized spacial score (nSPS) is 9.06. The van der Waals surface area contributed by atoms with Gasteiger partial charge in [-0.1, -0.05) is 24.4 Å². The summed E-state index contributed by atoms with van der Waals surface area (Å²) in [6.45, 7) is 0.833. The van der Waals surface area contributed by atoms with Crippen LogP contribution in [0.25, 0.3) is 16.8 Å². The summed E-state index contributed by atoms with van der Waals surface area (Å²) in [6, 6.07) is 7.67. The quantitative estimate of drug-likeness (QED) is 0.481. The van der Waals surface area contributed by atoms with E-state index in [0.29, 0.717) is 22.8 Å².